The number of hydrogen-bond acceptors (Lipinski definition) is 3. The number of para-hydroxylation sites is 1. The number of amides is 1. The van der Waals surface area contributed by atoms with Gasteiger partial charge in [0.15, 0.2) is 0 Å². The molecule has 3 rings (SSSR count). The third-order valence-corrected chi connectivity index (χ3v) is 3.29. The number of carbonyl (C=O) groups is 1. The number of hydrogen-bond donors (Lipinski definition) is 0. The normalized spacial score (nSPS) is 12.4. The molecule has 0 radical (unpaired) electrons. The van der Waals surface area contributed by atoms with Gasteiger partial charge >= 0.3 is 6.09 Å². The zero-order chi connectivity index (χ0) is 13.9. The van der Waals surface area contributed by atoms with Gasteiger partial charge < -0.3 is 9.47 Å². The monoisotopic (exact) mass is 269 g/mol. The van der Waals surface area contributed by atoms with Crippen LogP contribution in [0.4, 0.5) is 10.5 Å². The Morgan fingerprint density at radius 2 is 2.00 bits per heavy atom. The van der Waals surface area contributed by atoms with Crippen molar-refractivity contribution in [2.75, 3.05) is 18.6 Å². The SMILES string of the molecule is CN(C(=O)Oc1ccc2c(c1)OCC2)c1ccccc1. The van der Waals surface area contributed by atoms with Crippen molar-refractivity contribution in [2.45, 2.75) is 6.42 Å². The summed E-state index contributed by atoms with van der Waals surface area (Å²) in [4.78, 5) is 13.5. The van der Waals surface area contributed by atoms with Gasteiger partial charge in [-0.2, -0.15) is 0 Å². The minimum absolute atomic E-state index is 0.422. The summed E-state index contributed by atoms with van der Waals surface area (Å²) in [5.41, 5.74) is 1.94. The summed E-state index contributed by atoms with van der Waals surface area (Å²) in [5, 5.41) is 0. The summed E-state index contributed by atoms with van der Waals surface area (Å²) in [6, 6.07) is 14.9. The fourth-order valence-electron chi connectivity index (χ4n) is 2.14. The van der Waals surface area contributed by atoms with Crippen molar-refractivity contribution in [1.82, 2.24) is 0 Å². The maximum Gasteiger partial charge on any atom is 0.419 e. The van der Waals surface area contributed by atoms with E-state index < -0.39 is 6.09 Å². The third-order valence-electron chi connectivity index (χ3n) is 3.29. The molecule has 0 aromatic heterocycles. The largest absolute Gasteiger partial charge is 0.493 e. The van der Waals surface area contributed by atoms with Gasteiger partial charge in [0.25, 0.3) is 0 Å². The molecule has 2 aromatic carbocycles. The lowest BCUT2D eigenvalue weighted by Gasteiger charge is -2.16. The highest BCUT2D eigenvalue weighted by Crippen LogP contribution is 2.29. The predicted molar refractivity (Wildman–Crippen MR) is 76.5 cm³/mol. The molecule has 4 nitrogen and oxygen atoms in total. The van der Waals surface area contributed by atoms with Crippen LogP contribution < -0.4 is 14.4 Å². The minimum Gasteiger partial charge on any atom is -0.493 e. The van der Waals surface area contributed by atoms with Crippen LogP contribution in [0, 0.1) is 0 Å². The first kappa shape index (κ1) is 12.5. The Kier molecular flexibility index (Phi) is 3.29. The average Bonchev–Trinajstić information content (AvgIpc) is 2.95. The molecular formula is C16H15NO3. The van der Waals surface area contributed by atoms with Crippen LogP contribution in [0.3, 0.4) is 0 Å². The molecule has 2 aromatic rings. The molecule has 0 bridgehead atoms. The summed E-state index contributed by atoms with van der Waals surface area (Å²) in [5.74, 6) is 1.30. The Bertz CT molecular complexity index is 625. The summed E-state index contributed by atoms with van der Waals surface area (Å²) < 4.78 is 10.8. The molecule has 0 unspecified atom stereocenters. The van der Waals surface area contributed by atoms with Crippen LogP contribution >= 0.6 is 0 Å². The van der Waals surface area contributed by atoms with E-state index in [0.29, 0.717) is 12.4 Å². The molecule has 0 spiro atoms. The van der Waals surface area contributed by atoms with Gasteiger partial charge in [0, 0.05) is 25.2 Å². The first-order chi connectivity index (χ1) is 9.74. The summed E-state index contributed by atoms with van der Waals surface area (Å²) in [6.45, 7) is 0.691. The van der Waals surface area contributed by atoms with Crippen LogP contribution in [0.2, 0.25) is 0 Å². The zero-order valence-corrected chi connectivity index (χ0v) is 11.2. The van der Waals surface area contributed by atoms with E-state index in [1.807, 2.05) is 36.4 Å². The molecule has 1 amide bonds. The van der Waals surface area contributed by atoms with E-state index in [1.54, 1.807) is 19.2 Å². The standard InChI is InChI=1S/C16H15NO3/c1-17(13-5-3-2-4-6-13)16(18)20-14-8-7-12-9-10-19-15(12)11-14/h2-8,11H,9-10H2,1H3. The van der Waals surface area contributed by atoms with Crippen molar-refractivity contribution in [3.05, 3.63) is 54.1 Å². The fraction of sp³-hybridized carbons (Fsp3) is 0.188. The second kappa shape index (κ2) is 5.25. The number of carbonyl (C=O) groups excluding carboxylic acids is 1. The van der Waals surface area contributed by atoms with Gasteiger partial charge in [0.1, 0.15) is 11.5 Å². The topological polar surface area (TPSA) is 38.8 Å². The smallest absolute Gasteiger partial charge is 0.419 e. The lowest BCUT2D eigenvalue weighted by atomic mass is 10.2. The summed E-state index contributed by atoms with van der Waals surface area (Å²) >= 11 is 0. The quantitative estimate of drug-likeness (QED) is 0.840. The maximum atomic E-state index is 12.1. The van der Waals surface area contributed by atoms with Crippen molar-refractivity contribution >= 4 is 11.8 Å². The Labute approximate surface area is 117 Å². The van der Waals surface area contributed by atoms with Gasteiger partial charge in [-0.25, -0.2) is 4.79 Å². The highest BCUT2D eigenvalue weighted by atomic mass is 16.6. The average molecular weight is 269 g/mol. The number of anilines is 1. The lowest BCUT2D eigenvalue weighted by Crippen LogP contribution is -2.29. The van der Waals surface area contributed by atoms with Gasteiger partial charge in [-0.15, -0.1) is 0 Å². The van der Waals surface area contributed by atoms with Crippen molar-refractivity contribution in [3.8, 4) is 11.5 Å². The summed E-state index contributed by atoms with van der Waals surface area (Å²) in [6.07, 6.45) is 0.488. The van der Waals surface area contributed by atoms with Crippen molar-refractivity contribution in [2.24, 2.45) is 0 Å². The van der Waals surface area contributed by atoms with E-state index in [1.165, 1.54) is 4.90 Å². The molecule has 0 fully saturated rings. The first-order valence-corrected chi connectivity index (χ1v) is 6.50. The van der Waals surface area contributed by atoms with Crippen LogP contribution in [0.15, 0.2) is 48.5 Å². The Balaban J connectivity index is 1.73. The van der Waals surface area contributed by atoms with Gasteiger partial charge in [-0.1, -0.05) is 24.3 Å². The molecule has 20 heavy (non-hydrogen) atoms. The van der Waals surface area contributed by atoms with Gasteiger partial charge in [0.2, 0.25) is 0 Å². The molecule has 1 aliphatic rings. The minimum atomic E-state index is -0.422. The third kappa shape index (κ3) is 2.45. The number of benzene rings is 2. The predicted octanol–water partition coefficient (Wildman–Crippen LogP) is 3.26. The molecule has 0 N–H and O–H groups in total. The molecule has 0 saturated carbocycles. The molecule has 1 aliphatic heterocycles. The Hall–Kier alpha value is -2.49. The van der Waals surface area contributed by atoms with Crippen LogP contribution in [0.1, 0.15) is 5.56 Å². The Morgan fingerprint density at radius 1 is 1.20 bits per heavy atom. The molecule has 1 heterocycles. The van der Waals surface area contributed by atoms with Crippen LogP contribution in [0.5, 0.6) is 11.5 Å². The molecule has 0 aliphatic carbocycles. The lowest BCUT2D eigenvalue weighted by molar-refractivity contribution is 0.209. The second-order valence-corrected chi connectivity index (χ2v) is 4.63. The highest BCUT2D eigenvalue weighted by molar-refractivity contribution is 5.88. The Morgan fingerprint density at radius 3 is 2.80 bits per heavy atom. The highest BCUT2D eigenvalue weighted by Gasteiger charge is 2.16. The maximum absolute atomic E-state index is 12.1. The number of fused-ring (bicyclic) bond motifs is 1. The van der Waals surface area contributed by atoms with E-state index in [2.05, 4.69) is 0 Å². The molecule has 4 heteroatoms. The van der Waals surface area contributed by atoms with Gasteiger partial charge in [-0.3, -0.25) is 4.90 Å². The fourth-order valence-corrected chi connectivity index (χ4v) is 2.14. The van der Waals surface area contributed by atoms with Gasteiger partial charge in [-0.05, 0) is 23.8 Å². The molecular weight excluding hydrogens is 254 g/mol. The van der Waals surface area contributed by atoms with E-state index in [-0.39, 0.29) is 0 Å². The van der Waals surface area contributed by atoms with Crippen molar-refractivity contribution < 1.29 is 14.3 Å². The summed E-state index contributed by atoms with van der Waals surface area (Å²) in [7, 11) is 1.68. The first-order valence-electron chi connectivity index (χ1n) is 6.50. The number of ether oxygens (including phenoxy) is 2. The van der Waals surface area contributed by atoms with E-state index in [4.69, 9.17) is 9.47 Å². The second-order valence-electron chi connectivity index (χ2n) is 4.63. The molecule has 102 valence electrons. The number of nitrogens with zero attached hydrogens (tertiary/aromatic N) is 1. The van der Waals surface area contributed by atoms with Crippen LogP contribution in [0.25, 0.3) is 0 Å². The van der Waals surface area contributed by atoms with Crippen LogP contribution in [-0.2, 0) is 6.42 Å². The molecule has 0 saturated heterocycles. The van der Waals surface area contributed by atoms with E-state index in [9.17, 15) is 4.79 Å². The van der Waals surface area contributed by atoms with Crippen molar-refractivity contribution in [3.63, 3.8) is 0 Å². The van der Waals surface area contributed by atoms with Crippen LogP contribution in [-0.4, -0.2) is 19.7 Å². The number of rotatable bonds is 2. The van der Waals surface area contributed by atoms with Gasteiger partial charge in [0.05, 0.1) is 6.61 Å². The zero-order valence-electron chi connectivity index (χ0n) is 11.2. The molecule has 0 atom stereocenters. The van der Waals surface area contributed by atoms with E-state index in [0.717, 1.165) is 23.4 Å². The van der Waals surface area contributed by atoms with Crippen molar-refractivity contribution in [1.29, 1.82) is 0 Å². The van der Waals surface area contributed by atoms with E-state index >= 15 is 0 Å².